The lowest BCUT2D eigenvalue weighted by atomic mass is 10.0. The smallest absolute Gasteiger partial charge is 0.254 e. The first kappa shape index (κ1) is 23.2. The zero-order valence-corrected chi connectivity index (χ0v) is 20.1. The predicted octanol–water partition coefficient (Wildman–Crippen LogP) is 3.87. The van der Waals surface area contributed by atoms with Gasteiger partial charge in [-0.15, -0.1) is 11.3 Å². The molecule has 1 fully saturated rings. The Morgan fingerprint density at radius 3 is 2.67 bits per heavy atom. The third-order valence-electron chi connectivity index (χ3n) is 5.32. The predicted molar refractivity (Wildman–Crippen MR) is 125 cm³/mol. The van der Waals surface area contributed by atoms with Crippen LogP contribution in [0, 0.1) is 5.82 Å². The molecule has 33 heavy (non-hydrogen) atoms. The second-order valence-corrected chi connectivity index (χ2v) is 11.2. The zero-order chi connectivity index (χ0) is 23.8. The molecule has 1 aliphatic carbocycles. The summed E-state index contributed by atoms with van der Waals surface area (Å²) in [6.45, 7) is 5.39. The molecule has 0 spiro atoms. The molecule has 8 nitrogen and oxygen atoms in total. The van der Waals surface area contributed by atoms with E-state index in [0.29, 0.717) is 36.2 Å². The average molecular weight is 490 g/mol. The van der Waals surface area contributed by atoms with Gasteiger partial charge in [0, 0.05) is 17.1 Å². The molecule has 3 aromatic rings. The Morgan fingerprint density at radius 1 is 1.24 bits per heavy atom. The van der Waals surface area contributed by atoms with Crippen LogP contribution in [0.2, 0.25) is 0 Å². The van der Waals surface area contributed by atoms with Crippen LogP contribution in [-0.4, -0.2) is 34.5 Å². The summed E-state index contributed by atoms with van der Waals surface area (Å²) >= 11 is 1.14. The number of hydrogen-bond acceptors (Lipinski definition) is 7. The van der Waals surface area contributed by atoms with Gasteiger partial charge >= 0.3 is 0 Å². The number of hydrogen-bond donors (Lipinski definition) is 2. The molecule has 2 N–H and O–H groups in total. The summed E-state index contributed by atoms with van der Waals surface area (Å²) < 4.78 is 41.6. The van der Waals surface area contributed by atoms with Gasteiger partial charge in [0.1, 0.15) is 5.82 Å². The van der Waals surface area contributed by atoms with Crippen LogP contribution in [0.5, 0.6) is 0 Å². The van der Waals surface area contributed by atoms with Crippen molar-refractivity contribution in [2.24, 2.45) is 0 Å². The molecule has 0 atom stereocenters. The molecule has 1 aromatic carbocycles. The summed E-state index contributed by atoms with van der Waals surface area (Å²) in [7, 11) is -3.42. The van der Waals surface area contributed by atoms with Gasteiger partial charge in [-0.2, -0.15) is 0 Å². The third-order valence-corrected chi connectivity index (χ3v) is 8.03. The summed E-state index contributed by atoms with van der Waals surface area (Å²) in [6.07, 6.45) is 5.21. The Kier molecular flexibility index (Phi) is 6.19. The molecule has 4 rings (SSSR count). The van der Waals surface area contributed by atoms with Crippen LogP contribution in [0.15, 0.2) is 36.0 Å². The lowest BCUT2D eigenvalue weighted by Crippen LogP contribution is -2.41. The monoisotopic (exact) mass is 489 g/mol. The highest BCUT2D eigenvalue weighted by Gasteiger charge is 2.36. The molecule has 0 bridgehead atoms. The van der Waals surface area contributed by atoms with Gasteiger partial charge in [0.05, 0.1) is 39.6 Å². The standard InChI is InChI=1S/C22H24FN5O3S2/c1-4-14-10-24-11-18(25-14)13-5-8-16(17(23)9-13)20(29)27-22(2,3)19-12-32-21(26-19)28-33(30,31)15-6-7-15/h5,8-12,15H,4,6-7H2,1-3H3,(H,26,28)(H,27,29). The first-order valence-electron chi connectivity index (χ1n) is 10.5. The van der Waals surface area contributed by atoms with Crippen LogP contribution in [0.1, 0.15) is 55.4 Å². The lowest BCUT2D eigenvalue weighted by molar-refractivity contribution is 0.0906. The van der Waals surface area contributed by atoms with Crippen LogP contribution in [0.4, 0.5) is 9.52 Å². The Bertz CT molecular complexity index is 1300. The quantitative estimate of drug-likeness (QED) is 0.497. The number of aromatic nitrogens is 3. The van der Waals surface area contributed by atoms with Crippen molar-refractivity contribution in [1.29, 1.82) is 0 Å². The molecule has 174 valence electrons. The molecular formula is C22H24FN5O3S2. The van der Waals surface area contributed by atoms with Crippen LogP contribution in [-0.2, 0) is 22.0 Å². The fraction of sp³-hybridized carbons (Fsp3) is 0.364. The van der Waals surface area contributed by atoms with Crippen molar-refractivity contribution in [1.82, 2.24) is 20.3 Å². The summed E-state index contributed by atoms with van der Waals surface area (Å²) in [5, 5.41) is 4.33. The summed E-state index contributed by atoms with van der Waals surface area (Å²) in [5.74, 6) is -1.29. The van der Waals surface area contributed by atoms with Crippen LogP contribution in [0.25, 0.3) is 11.3 Å². The summed E-state index contributed by atoms with van der Waals surface area (Å²) in [4.78, 5) is 25.7. The van der Waals surface area contributed by atoms with E-state index in [0.717, 1.165) is 17.0 Å². The first-order valence-corrected chi connectivity index (χ1v) is 12.9. The Labute approximate surface area is 195 Å². The fourth-order valence-electron chi connectivity index (χ4n) is 3.18. The number of thiazole rings is 1. The molecule has 0 saturated heterocycles. The second kappa shape index (κ2) is 8.79. The topological polar surface area (TPSA) is 114 Å². The highest BCUT2D eigenvalue weighted by atomic mass is 32.2. The van der Waals surface area contributed by atoms with E-state index in [9.17, 15) is 17.6 Å². The van der Waals surface area contributed by atoms with Crippen LogP contribution >= 0.6 is 11.3 Å². The van der Waals surface area contributed by atoms with E-state index in [-0.39, 0.29) is 15.9 Å². The molecule has 1 aliphatic rings. The number of amides is 1. The highest BCUT2D eigenvalue weighted by Crippen LogP contribution is 2.32. The molecule has 0 aliphatic heterocycles. The number of aryl methyl sites for hydroxylation is 1. The molecule has 2 heterocycles. The van der Waals surface area contributed by atoms with Gasteiger partial charge in [0.15, 0.2) is 5.13 Å². The number of anilines is 1. The van der Waals surface area contributed by atoms with Crippen molar-refractivity contribution >= 4 is 32.4 Å². The van der Waals surface area contributed by atoms with E-state index in [4.69, 9.17) is 0 Å². The third kappa shape index (κ3) is 5.19. The van der Waals surface area contributed by atoms with E-state index < -0.39 is 27.3 Å². The minimum absolute atomic E-state index is 0.115. The van der Waals surface area contributed by atoms with Gasteiger partial charge in [-0.25, -0.2) is 22.8 Å². The average Bonchev–Trinajstić information content (AvgIpc) is 3.53. The largest absolute Gasteiger partial charge is 0.341 e. The summed E-state index contributed by atoms with van der Waals surface area (Å²) in [5.41, 5.74) is 1.25. The molecule has 11 heteroatoms. The van der Waals surface area contributed by atoms with Gasteiger partial charge in [-0.3, -0.25) is 14.5 Å². The van der Waals surface area contributed by atoms with Crippen molar-refractivity contribution in [2.75, 3.05) is 4.72 Å². The number of halogens is 1. The molecular weight excluding hydrogens is 465 g/mol. The minimum Gasteiger partial charge on any atom is -0.341 e. The van der Waals surface area contributed by atoms with Gasteiger partial charge in [0.2, 0.25) is 10.0 Å². The van der Waals surface area contributed by atoms with Crippen LogP contribution in [0.3, 0.4) is 0 Å². The fourth-order valence-corrected chi connectivity index (χ4v) is 5.66. The van der Waals surface area contributed by atoms with E-state index >= 15 is 0 Å². The SMILES string of the molecule is CCc1cncc(-c2ccc(C(=O)NC(C)(C)c3csc(NS(=O)(=O)C4CC4)n3)c(F)c2)n1. The molecule has 1 saturated carbocycles. The number of sulfonamides is 1. The van der Waals surface area contributed by atoms with Crippen molar-refractivity contribution < 1.29 is 17.6 Å². The van der Waals surface area contributed by atoms with Gasteiger partial charge < -0.3 is 5.32 Å². The maximum absolute atomic E-state index is 14.8. The van der Waals surface area contributed by atoms with Gasteiger partial charge in [-0.05, 0) is 45.2 Å². The molecule has 0 unspecified atom stereocenters. The van der Waals surface area contributed by atoms with Gasteiger partial charge in [0.25, 0.3) is 5.91 Å². The zero-order valence-electron chi connectivity index (χ0n) is 18.4. The van der Waals surface area contributed by atoms with E-state index in [2.05, 4.69) is 25.0 Å². The summed E-state index contributed by atoms with van der Waals surface area (Å²) in [6, 6.07) is 4.30. The molecule has 1 amide bonds. The number of carbonyl (C=O) groups excluding carboxylic acids is 1. The van der Waals surface area contributed by atoms with E-state index in [1.54, 1.807) is 37.7 Å². The van der Waals surface area contributed by atoms with Gasteiger partial charge in [-0.1, -0.05) is 13.0 Å². The van der Waals surface area contributed by atoms with E-state index in [1.807, 2.05) is 6.92 Å². The number of carbonyl (C=O) groups is 1. The molecule has 2 aromatic heterocycles. The maximum atomic E-state index is 14.8. The van der Waals surface area contributed by atoms with Crippen molar-refractivity contribution in [2.45, 2.75) is 50.8 Å². The number of benzene rings is 1. The number of nitrogens with one attached hydrogen (secondary N) is 2. The normalized spacial score (nSPS) is 14.2. The second-order valence-electron chi connectivity index (χ2n) is 8.41. The highest BCUT2D eigenvalue weighted by molar-refractivity contribution is 7.93. The minimum atomic E-state index is -3.42. The number of nitrogens with zero attached hydrogens (tertiary/aromatic N) is 3. The molecule has 0 radical (unpaired) electrons. The maximum Gasteiger partial charge on any atom is 0.254 e. The lowest BCUT2D eigenvalue weighted by Gasteiger charge is -2.24. The first-order chi connectivity index (χ1) is 15.6. The Hall–Kier alpha value is -2.92. The van der Waals surface area contributed by atoms with Crippen molar-refractivity contribution in [3.05, 3.63) is 58.7 Å². The van der Waals surface area contributed by atoms with Crippen molar-refractivity contribution in [3.63, 3.8) is 0 Å². The Balaban J connectivity index is 1.49. The van der Waals surface area contributed by atoms with Crippen molar-refractivity contribution in [3.8, 4) is 11.3 Å². The Morgan fingerprint density at radius 2 is 2.00 bits per heavy atom. The van der Waals surface area contributed by atoms with E-state index in [1.165, 1.54) is 12.1 Å². The number of rotatable bonds is 8. The van der Waals surface area contributed by atoms with Crippen LogP contribution < -0.4 is 10.0 Å².